The molecule has 1 aromatic heterocycles. The van der Waals surface area contributed by atoms with Gasteiger partial charge < -0.3 is 15.2 Å². The van der Waals surface area contributed by atoms with Crippen molar-refractivity contribution >= 4 is 0 Å². The third-order valence-corrected chi connectivity index (χ3v) is 3.26. The summed E-state index contributed by atoms with van der Waals surface area (Å²) in [5.74, 6) is 1.73. The van der Waals surface area contributed by atoms with Crippen molar-refractivity contribution in [1.82, 2.24) is 10.1 Å². The summed E-state index contributed by atoms with van der Waals surface area (Å²) < 4.78 is 5.24. The predicted octanol–water partition coefficient (Wildman–Crippen LogP) is 1.02. The van der Waals surface area contributed by atoms with Gasteiger partial charge in [0, 0.05) is 18.5 Å². The first-order valence-corrected chi connectivity index (χ1v) is 5.60. The molecule has 15 heavy (non-hydrogen) atoms. The number of rotatable bonds is 3. The summed E-state index contributed by atoms with van der Waals surface area (Å²) in [6, 6.07) is 0. The summed E-state index contributed by atoms with van der Waals surface area (Å²) in [6.45, 7) is 2.92. The van der Waals surface area contributed by atoms with Gasteiger partial charge in [0.1, 0.15) is 5.76 Å². The van der Waals surface area contributed by atoms with Crippen molar-refractivity contribution < 1.29 is 4.52 Å². The van der Waals surface area contributed by atoms with Gasteiger partial charge in [0.25, 0.3) is 0 Å². The molecule has 1 aliphatic rings. The molecule has 1 aliphatic heterocycles. The molecule has 84 valence electrons. The van der Waals surface area contributed by atoms with Crippen LogP contribution in [0.4, 0.5) is 0 Å². The van der Waals surface area contributed by atoms with E-state index in [1.165, 1.54) is 25.9 Å². The van der Waals surface area contributed by atoms with Gasteiger partial charge in [0.2, 0.25) is 0 Å². The van der Waals surface area contributed by atoms with Crippen LogP contribution in [0.25, 0.3) is 0 Å². The highest BCUT2D eigenvalue weighted by Crippen LogP contribution is 2.22. The lowest BCUT2D eigenvalue weighted by Gasteiger charge is -2.28. The molecule has 0 amide bonds. The van der Waals surface area contributed by atoms with Crippen LogP contribution >= 0.6 is 0 Å². The van der Waals surface area contributed by atoms with Crippen molar-refractivity contribution in [3.05, 3.63) is 17.5 Å². The van der Waals surface area contributed by atoms with Crippen LogP contribution in [0.2, 0.25) is 0 Å². The van der Waals surface area contributed by atoms with Crippen molar-refractivity contribution in [3.8, 4) is 0 Å². The molecule has 0 bridgehead atoms. The van der Waals surface area contributed by atoms with Gasteiger partial charge in [0.15, 0.2) is 0 Å². The van der Waals surface area contributed by atoms with Crippen molar-refractivity contribution in [2.45, 2.75) is 25.8 Å². The Kier molecular flexibility index (Phi) is 3.38. The molecule has 2 heterocycles. The smallest absolute Gasteiger partial charge is 0.141 e. The average molecular weight is 209 g/mol. The highest BCUT2D eigenvalue weighted by molar-refractivity contribution is 5.13. The van der Waals surface area contributed by atoms with Crippen LogP contribution in [-0.2, 0) is 13.0 Å². The highest BCUT2D eigenvalue weighted by Gasteiger charge is 2.19. The van der Waals surface area contributed by atoms with Gasteiger partial charge in [-0.05, 0) is 38.9 Å². The van der Waals surface area contributed by atoms with E-state index < -0.39 is 0 Å². The standard InChI is InChI=1S/C11H19N3O/c1-14-4-2-9(3-5-14)6-11-10(7-12)8-13-15-11/h8-9H,2-7,12H2,1H3. The molecule has 0 atom stereocenters. The molecule has 0 aliphatic carbocycles. The van der Waals surface area contributed by atoms with Gasteiger partial charge in [-0.3, -0.25) is 0 Å². The third-order valence-electron chi connectivity index (χ3n) is 3.26. The van der Waals surface area contributed by atoms with Crippen LogP contribution in [0.1, 0.15) is 24.2 Å². The van der Waals surface area contributed by atoms with E-state index >= 15 is 0 Å². The SMILES string of the molecule is CN1CCC(Cc2oncc2CN)CC1. The second-order valence-corrected chi connectivity index (χ2v) is 4.43. The summed E-state index contributed by atoms with van der Waals surface area (Å²) in [4.78, 5) is 2.38. The fraction of sp³-hybridized carbons (Fsp3) is 0.727. The molecule has 2 rings (SSSR count). The lowest BCUT2D eigenvalue weighted by molar-refractivity contribution is 0.210. The number of aromatic nitrogens is 1. The summed E-state index contributed by atoms with van der Waals surface area (Å²) in [6.07, 6.45) is 5.24. The Balaban J connectivity index is 1.91. The Morgan fingerprint density at radius 3 is 2.93 bits per heavy atom. The second kappa shape index (κ2) is 4.77. The fourth-order valence-electron chi connectivity index (χ4n) is 2.15. The van der Waals surface area contributed by atoms with Crippen LogP contribution in [0.15, 0.2) is 10.7 Å². The Morgan fingerprint density at radius 1 is 1.53 bits per heavy atom. The molecule has 0 radical (unpaired) electrons. The largest absolute Gasteiger partial charge is 0.361 e. The molecule has 1 aromatic rings. The Morgan fingerprint density at radius 2 is 2.27 bits per heavy atom. The normalized spacial score (nSPS) is 19.6. The maximum atomic E-state index is 5.61. The average Bonchev–Trinajstić information content (AvgIpc) is 2.69. The monoisotopic (exact) mass is 209 g/mol. The molecule has 2 N–H and O–H groups in total. The first-order valence-electron chi connectivity index (χ1n) is 5.60. The third kappa shape index (κ3) is 2.58. The van der Waals surface area contributed by atoms with Gasteiger partial charge >= 0.3 is 0 Å². The van der Waals surface area contributed by atoms with E-state index in [0.29, 0.717) is 6.54 Å². The molecule has 1 fully saturated rings. The molecule has 0 unspecified atom stereocenters. The summed E-state index contributed by atoms with van der Waals surface area (Å²) >= 11 is 0. The molecule has 0 saturated carbocycles. The molecule has 4 nitrogen and oxygen atoms in total. The minimum Gasteiger partial charge on any atom is -0.361 e. The molecule has 4 heteroatoms. The quantitative estimate of drug-likeness (QED) is 0.807. The van der Waals surface area contributed by atoms with E-state index in [-0.39, 0.29) is 0 Å². The number of piperidine rings is 1. The number of hydrogen-bond donors (Lipinski definition) is 1. The number of likely N-dealkylation sites (tertiary alicyclic amines) is 1. The van der Waals surface area contributed by atoms with Crippen LogP contribution in [0.3, 0.4) is 0 Å². The first kappa shape index (κ1) is 10.6. The molecular weight excluding hydrogens is 190 g/mol. The van der Waals surface area contributed by atoms with Crippen molar-refractivity contribution in [3.63, 3.8) is 0 Å². The zero-order valence-corrected chi connectivity index (χ0v) is 9.28. The van der Waals surface area contributed by atoms with Crippen molar-refractivity contribution in [2.24, 2.45) is 11.7 Å². The minimum absolute atomic E-state index is 0.533. The van der Waals surface area contributed by atoms with Crippen LogP contribution in [-0.4, -0.2) is 30.2 Å². The van der Waals surface area contributed by atoms with Crippen LogP contribution < -0.4 is 5.73 Å². The topological polar surface area (TPSA) is 55.3 Å². The first-order chi connectivity index (χ1) is 7.29. The van der Waals surface area contributed by atoms with E-state index in [1.54, 1.807) is 6.20 Å². The zero-order chi connectivity index (χ0) is 10.7. The molecule has 1 saturated heterocycles. The minimum atomic E-state index is 0.533. The summed E-state index contributed by atoms with van der Waals surface area (Å²) in [7, 11) is 2.18. The Labute approximate surface area is 90.4 Å². The lowest BCUT2D eigenvalue weighted by atomic mass is 9.92. The summed E-state index contributed by atoms with van der Waals surface area (Å²) in [5, 5.41) is 3.81. The van der Waals surface area contributed by atoms with E-state index in [1.807, 2.05) is 0 Å². The zero-order valence-electron chi connectivity index (χ0n) is 9.28. The number of hydrogen-bond acceptors (Lipinski definition) is 4. The maximum Gasteiger partial charge on any atom is 0.141 e. The van der Waals surface area contributed by atoms with Crippen LogP contribution in [0, 0.1) is 5.92 Å². The van der Waals surface area contributed by atoms with Crippen molar-refractivity contribution in [1.29, 1.82) is 0 Å². The maximum absolute atomic E-state index is 5.61. The van der Waals surface area contributed by atoms with Gasteiger partial charge in [0.05, 0.1) is 6.20 Å². The van der Waals surface area contributed by atoms with E-state index in [2.05, 4.69) is 17.1 Å². The predicted molar refractivity (Wildman–Crippen MR) is 58.3 cm³/mol. The molecule has 0 aromatic carbocycles. The lowest BCUT2D eigenvalue weighted by Crippen LogP contribution is -2.31. The highest BCUT2D eigenvalue weighted by atomic mass is 16.5. The van der Waals surface area contributed by atoms with Crippen molar-refractivity contribution in [2.75, 3.05) is 20.1 Å². The Hall–Kier alpha value is -0.870. The summed E-state index contributed by atoms with van der Waals surface area (Å²) in [5.41, 5.74) is 6.68. The molecule has 0 spiro atoms. The number of nitrogens with zero attached hydrogens (tertiary/aromatic N) is 2. The molecular formula is C11H19N3O. The van der Waals surface area contributed by atoms with Gasteiger partial charge in [-0.15, -0.1) is 0 Å². The Bertz CT molecular complexity index is 303. The van der Waals surface area contributed by atoms with Gasteiger partial charge in [-0.2, -0.15) is 0 Å². The second-order valence-electron chi connectivity index (χ2n) is 4.43. The van der Waals surface area contributed by atoms with E-state index in [4.69, 9.17) is 10.3 Å². The van der Waals surface area contributed by atoms with Crippen LogP contribution in [0.5, 0.6) is 0 Å². The van der Waals surface area contributed by atoms with E-state index in [9.17, 15) is 0 Å². The van der Waals surface area contributed by atoms with Gasteiger partial charge in [-0.1, -0.05) is 5.16 Å². The van der Waals surface area contributed by atoms with E-state index in [0.717, 1.165) is 23.7 Å². The number of nitrogens with two attached hydrogens (primary N) is 1. The fourth-order valence-corrected chi connectivity index (χ4v) is 2.15. The van der Waals surface area contributed by atoms with Gasteiger partial charge in [-0.25, -0.2) is 0 Å².